The Labute approximate surface area is 132 Å². The molecule has 0 heterocycles. The number of nitrogens with one attached hydrogen (secondary N) is 1. The average Bonchev–Trinajstić information content (AvgIpc) is 2.41. The fraction of sp³-hybridized carbons (Fsp3) is 0.200. The Morgan fingerprint density at radius 3 is 2.13 bits per heavy atom. The molecule has 0 amide bonds. The van der Waals surface area contributed by atoms with E-state index in [0.717, 1.165) is 35.4 Å². The third kappa shape index (κ3) is 4.62. The van der Waals surface area contributed by atoms with E-state index in [1.54, 1.807) is 19.1 Å². The first-order valence-corrected chi connectivity index (χ1v) is 8.01. The predicted molar refractivity (Wildman–Crippen MR) is 79.8 cm³/mol. The molecule has 0 saturated heterocycles. The molecule has 2 aromatic carbocycles. The molecule has 0 unspecified atom stereocenters. The van der Waals surface area contributed by atoms with Crippen LogP contribution in [-0.2, 0) is 10.0 Å². The van der Waals surface area contributed by atoms with Crippen molar-refractivity contribution in [1.82, 2.24) is 0 Å². The minimum atomic E-state index is -4.82. The van der Waals surface area contributed by atoms with Gasteiger partial charge in [-0.3, -0.25) is 4.72 Å². The van der Waals surface area contributed by atoms with Crippen molar-refractivity contribution >= 4 is 15.7 Å². The van der Waals surface area contributed by atoms with Gasteiger partial charge in [0.25, 0.3) is 10.0 Å². The summed E-state index contributed by atoms with van der Waals surface area (Å²) >= 11 is 0. The van der Waals surface area contributed by atoms with Crippen LogP contribution in [0.2, 0.25) is 0 Å². The molecule has 2 aromatic rings. The minimum absolute atomic E-state index is 0.160. The second-order valence-electron chi connectivity index (χ2n) is 4.94. The summed E-state index contributed by atoms with van der Waals surface area (Å²) in [5.41, 5.74) is 2.14. The van der Waals surface area contributed by atoms with Crippen LogP contribution < -0.4 is 9.46 Å². The molecule has 1 N–H and O–H groups in total. The van der Waals surface area contributed by atoms with Crippen LogP contribution in [0.25, 0.3) is 0 Å². The van der Waals surface area contributed by atoms with Crippen molar-refractivity contribution in [3.63, 3.8) is 0 Å². The first kappa shape index (κ1) is 17.1. The Balaban J connectivity index is 2.22. The number of halogens is 3. The molecule has 0 aliphatic carbocycles. The Bertz CT molecular complexity index is 800. The molecule has 4 nitrogen and oxygen atoms in total. The van der Waals surface area contributed by atoms with Crippen molar-refractivity contribution in [1.29, 1.82) is 0 Å². The molecular weight excluding hydrogens is 331 g/mol. The fourth-order valence-corrected chi connectivity index (χ4v) is 3.08. The Hall–Kier alpha value is -2.22. The average molecular weight is 345 g/mol. The van der Waals surface area contributed by atoms with Gasteiger partial charge in [-0.1, -0.05) is 17.7 Å². The number of benzene rings is 2. The zero-order valence-corrected chi connectivity index (χ0v) is 13.1. The highest BCUT2D eigenvalue weighted by molar-refractivity contribution is 7.92. The molecule has 124 valence electrons. The first-order valence-electron chi connectivity index (χ1n) is 6.53. The summed E-state index contributed by atoms with van der Waals surface area (Å²) in [6.45, 7) is 3.63. The van der Waals surface area contributed by atoms with E-state index < -0.39 is 22.1 Å². The number of anilines is 1. The van der Waals surface area contributed by atoms with Gasteiger partial charge in [-0.2, -0.15) is 0 Å². The summed E-state index contributed by atoms with van der Waals surface area (Å²) in [5, 5.41) is 0. The summed E-state index contributed by atoms with van der Waals surface area (Å²) in [6, 6.07) is 9.19. The monoisotopic (exact) mass is 345 g/mol. The zero-order chi connectivity index (χ0) is 17.3. The number of hydrogen-bond donors (Lipinski definition) is 1. The molecule has 0 aliphatic heterocycles. The van der Waals surface area contributed by atoms with Gasteiger partial charge in [0.2, 0.25) is 0 Å². The van der Waals surface area contributed by atoms with Crippen LogP contribution in [0.3, 0.4) is 0 Å². The lowest BCUT2D eigenvalue weighted by Gasteiger charge is -2.12. The van der Waals surface area contributed by atoms with E-state index in [4.69, 9.17) is 0 Å². The first-order chi connectivity index (χ1) is 10.6. The van der Waals surface area contributed by atoms with Crippen molar-refractivity contribution in [3.05, 3.63) is 53.6 Å². The quantitative estimate of drug-likeness (QED) is 0.911. The van der Waals surface area contributed by atoms with Gasteiger partial charge in [0.15, 0.2) is 0 Å². The summed E-state index contributed by atoms with van der Waals surface area (Å²) in [7, 11) is -3.90. The Morgan fingerprint density at radius 2 is 1.61 bits per heavy atom. The molecule has 2 rings (SSSR count). The van der Waals surface area contributed by atoms with Gasteiger partial charge in [-0.05, 0) is 49.7 Å². The number of rotatable bonds is 4. The Morgan fingerprint density at radius 1 is 1.00 bits per heavy atom. The van der Waals surface area contributed by atoms with Gasteiger partial charge in [-0.15, -0.1) is 13.2 Å². The maximum Gasteiger partial charge on any atom is 0.573 e. The maximum absolute atomic E-state index is 12.3. The highest BCUT2D eigenvalue weighted by Crippen LogP contribution is 2.25. The van der Waals surface area contributed by atoms with E-state index in [-0.39, 0.29) is 4.90 Å². The third-order valence-electron chi connectivity index (χ3n) is 2.99. The minimum Gasteiger partial charge on any atom is -0.406 e. The summed E-state index contributed by atoms with van der Waals surface area (Å²) in [6.07, 6.45) is -4.82. The third-order valence-corrected chi connectivity index (χ3v) is 4.38. The van der Waals surface area contributed by atoms with Crippen LogP contribution in [-0.4, -0.2) is 14.8 Å². The van der Waals surface area contributed by atoms with Crippen molar-refractivity contribution in [2.24, 2.45) is 0 Å². The molecule has 0 bridgehead atoms. The predicted octanol–water partition coefficient (Wildman–Crippen LogP) is 4.00. The smallest absolute Gasteiger partial charge is 0.406 e. The SMILES string of the molecule is Cc1ccc(NS(=O)(=O)c2ccc(OC(F)(F)F)cc2)c(C)c1. The van der Waals surface area contributed by atoms with Gasteiger partial charge in [0, 0.05) is 0 Å². The maximum atomic E-state index is 12.3. The highest BCUT2D eigenvalue weighted by atomic mass is 32.2. The van der Waals surface area contributed by atoms with Crippen LogP contribution in [0.1, 0.15) is 11.1 Å². The Kier molecular flexibility index (Phi) is 4.56. The van der Waals surface area contributed by atoms with Gasteiger partial charge in [0.1, 0.15) is 5.75 Å². The lowest BCUT2D eigenvalue weighted by Crippen LogP contribution is -2.17. The summed E-state index contributed by atoms with van der Waals surface area (Å²) < 4.78 is 66.9. The van der Waals surface area contributed by atoms with Crippen LogP contribution >= 0.6 is 0 Å². The molecule has 0 aromatic heterocycles. The molecule has 23 heavy (non-hydrogen) atoms. The second kappa shape index (κ2) is 6.11. The number of hydrogen-bond acceptors (Lipinski definition) is 3. The topological polar surface area (TPSA) is 55.4 Å². The van der Waals surface area contributed by atoms with Crippen LogP contribution in [0.5, 0.6) is 5.75 Å². The number of ether oxygens (including phenoxy) is 1. The van der Waals surface area contributed by atoms with Crippen molar-refractivity contribution in [3.8, 4) is 5.75 Å². The van der Waals surface area contributed by atoms with Crippen LogP contribution in [0, 0.1) is 13.8 Å². The number of aryl methyl sites for hydroxylation is 2. The van der Waals surface area contributed by atoms with E-state index in [2.05, 4.69) is 9.46 Å². The molecule has 0 saturated carbocycles. The lowest BCUT2D eigenvalue weighted by molar-refractivity contribution is -0.274. The molecule has 8 heteroatoms. The number of sulfonamides is 1. The van der Waals surface area contributed by atoms with Crippen molar-refractivity contribution in [2.45, 2.75) is 25.1 Å². The summed E-state index contributed by atoms with van der Waals surface area (Å²) in [4.78, 5) is -0.160. The molecule has 0 radical (unpaired) electrons. The summed E-state index contributed by atoms with van der Waals surface area (Å²) in [5.74, 6) is -0.483. The molecule has 0 atom stereocenters. The van der Waals surface area contributed by atoms with Gasteiger partial charge in [0.05, 0.1) is 10.6 Å². The normalized spacial score (nSPS) is 12.0. The van der Waals surface area contributed by atoms with E-state index in [0.29, 0.717) is 5.69 Å². The molecule has 0 fully saturated rings. The zero-order valence-electron chi connectivity index (χ0n) is 12.3. The van der Waals surface area contributed by atoms with Gasteiger partial charge in [-0.25, -0.2) is 8.42 Å². The van der Waals surface area contributed by atoms with Gasteiger partial charge < -0.3 is 4.74 Å². The number of alkyl halides is 3. The van der Waals surface area contributed by atoms with Gasteiger partial charge >= 0.3 is 6.36 Å². The van der Waals surface area contributed by atoms with E-state index in [1.165, 1.54) is 0 Å². The standard InChI is InChI=1S/C15H14F3NO3S/c1-10-3-8-14(11(2)9-10)19-23(20,21)13-6-4-12(5-7-13)22-15(16,17)18/h3-9,19H,1-2H3. The second-order valence-corrected chi connectivity index (χ2v) is 6.63. The van der Waals surface area contributed by atoms with E-state index in [9.17, 15) is 21.6 Å². The van der Waals surface area contributed by atoms with E-state index >= 15 is 0 Å². The van der Waals surface area contributed by atoms with Crippen molar-refractivity contribution in [2.75, 3.05) is 4.72 Å². The molecular formula is C15H14F3NO3S. The van der Waals surface area contributed by atoms with Crippen molar-refractivity contribution < 1.29 is 26.3 Å². The van der Waals surface area contributed by atoms with E-state index in [1.807, 2.05) is 13.0 Å². The fourth-order valence-electron chi connectivity index (χ4n) is 1.95. The highest BCUT2D eigenvalue weighted by Gasteiger charge is 2.31. The molecule has 0 spiro atoms. The lowest BCUT2D eigenvalue weighted by atomic mass is 10.1. The van der Waals surface area contributed by atoms with Crippen LogP contribution in [0.4, 0.5) is 18.9 Å². The molecule has 0 aliphatic rings. The van der Waals surface area contributed by atoms with Crippen LogP contribution in [0.15, 0.2) is 47.4 Å². The largest absolute Gasteiger partial charge is 0.573 e.